The number of fused-ring (bicyclic) bond motifs is 1. The predicted octanol–water partition coefficient (Wildman–Crippen LogP) is -0.974. The largest absolute Gasteiger partial charge is 0.395 e. The molecule has 2 heterocycles. The zero-order chi connectivity index (χ0) is 22.0. The summed E-state index contributed by atoms with van der Waals surface area (Å²) in [6, 6.07) is 4.70. The van der Waals surface area contributed by atoms with E-state index >= 15 is 0 Å². The number of benzene rings is 1. The lowest BCUT2D eigenvalue weighted by Gasteiger charge is -2.22. The molecule has 2 atom stereocenters. The monoisotopic (exact) mass is 418 g/mol. The molecule has 12 nitrogen and oxygen atoms in total. The van der Waals surface area contributed by atoms with Crippen LogP contribution < -0.4 is 16.6 Å². The van der Waals surface area contributed by atoms with Gasteiger partial charge in [-0.2, -0.15) is 0 Å². The molecule has 30 heavy (non-hydrogen) atoms. The Labute approximate surface area is 169 Å². The number of nitrogens with zero attached hydrogens (tertiary/aromatic N) is 5. The van der Waals surface area contributed by atoms with E-state index in [1.54, 1.807) is 4.57 Å². The third-order valence-corrected chi connectivity index (χ3v) is 5.00. The third-order valence-electron chi connectivity index (χ3n) is 5.00. The number of aromatic nitrogens is 4. The van der Waals surface area contributed by atoms with Gasteiger partial charge in [0.05, 0.1) is 30.0 Å². The topological polar surface area (TPSA) is 157 Å². The van der Waals surface area contributed by atoms with Crippen LogP contribution in [0.5, 0.6) is 0 Å². The molecule has 0 aliphatic rings. The van der Waals surface area contributed by atoms with Gasteiger partial charge in [-0.1, -0.05) is 0 Å². The lowest BCUT2D eigenvalue weighted by molar-refractivity contribution is -0.384. The number of nitrogens with one attached hydrogen (secondary N) is 1. The summed E-state index contributed by atoms with van der Waals surface area (Å²) in [5.74, 6) is 0. The van der Waals surface area contributed by atoms with E-state index < -0.39 is 28.3 Å². The zero-order valence-electron chi connectivity index (χ0n) is 16.4. The average Bonchev–Trinajstić information content (AvgIpc) is 3.17. The second-order valence-electron chi connectivity index (χ2n) is 6.85. The van der Waals surface area contributed by atoms with Crippen molar-refractivity contribution in [1.29, 1.82) is 0 Å². The van der Waals surface area contributed by atoms with Gasteiger partial charge in [0.25, 0.3) is 11.2 Å². The van der Waals surface area contributed by atoms with Crippen LogP contribution in [0.1, 0.15) is 11.7 Å². The highest BCUT2D eigenvalue weighted by Gasteiger charge is 2.21. The van der Waals surface area contributed by atoms with Gasteiger partial charge in [0, 0.05) is 39.3 Å². The first-order valence-corrected chi connectivity index (χ1v) is 9.13. The lowest BCUT2D eigenvalue weighted by Crippen LogP contribution is -2.40. The van der Waals surface area contributed by atoms with Crippen LogP contribution >= 0.6 is 0 Å². The highest BCUT2D eigenvalue weighted by molar-refractivity contribution is 5.69. The van der Waals surface area contributed by atoms with Crippen LogP contribution in [0.3, 0.4) is 0 Å². The molecule has 160 valence electrons. The predicted molar refractivity (Wildman–Crippen MR) is 107 cm³/mol. The van der Waals surface area contributed by atoms with Crippen LogP contribution in [0, 0.1) is 10.1 Å². The average molecular weight is 418 g/mol. The maximum atomic E-state index is 12.4. The minimum Gasteiger partial charge on any atom is -0.395 e. The van der Waals surface area contributed by atoms with Crippen LogP contribution in [0.15, 0.2) is 40.2 Å². The number of rotatable bonds is 8. The maximum absolute atomic E-state index is 12.4. The van der Waals surface area contributed by atoms with Crippen molar-refractivity contribution >= 4 is 16.9 Å². The Morgan fingerprint density at radius 3 is 2.47 bits per heavy atom. The van der Waals surface area contributed by atoms with E-state index in [9.17, 15) is 29.9 Å². The van der Waals surface area contributed by atoms with Gasteiger partial charge in [0.2, 0.25) is 0 Å². The number of aliphatic hydroxyl groups excluding tert-OH is 2. The van der Waals surface area contributed by atoms with Crippen molar-refractivity contribution < 1.29 is 15.1 Å². The van der Waals surface area contributed by atoms with Crippen LogP contribution in [-0.4, -0.2) is 53.0 Å². The van der Waals surface area contributed by atoms with Gasteiger partial charge in [-0.15, -0.1) is 0 Å². The summed E-state index contributed by atoms with van der Waals surface area (Å²) in [7, 11) is 2.92. The van der Waals surface area contributed by atoms with E-state index in [4.69, 9.17) is 0 Å². The van der Waals surface area contributed by atoms with Gasteiger partial charge >= 0.3 is 5.69 Å². The summed E-state index contributed by atoms with van der Waals surface area (Å²) >= 11 is 0. The van der Waals surface area contributed by atoms with Crippen molar-refractivity contribution in [3.63, 3.8) is 0 Å². The van der Waals surface area contributed by atoms with Crippen molar-refractivity contribution in [3.8, 4) is 0 Å². The smallest absolute Gasteiger partial charge is 0.332 e. The molecule has 0 radical (unpaired) electrons. The van der Waals surface area contributed by atoms with Gasteiger partial charge in [0.1, 0.15) is 0 Å². The van der Waals surface area contributed by atoms with Crippen LogP contribution in [0.2, 0.25) is 0 Å². The SMILES string of the molecule is Cn1c(=O)c2c(ncn2CCN[C@H](CO)[C@H](O)c2ccc([N+](=O)[O-])cc2)n(C)c1=O. The van der Waals surface area contributed by atoms with Crippen LogP contribution in [0.25, 0.3) is 11.2 Å². The molecule has 0 amide bonds. The summed E-state index contributed by atoms with van der Waals surface area (Å²) in [5.41, 5.74) is -0.0604. The highest BCUT2D eigenvalue weighted by Crippen LogP contribution is 2.20. The summed E-state index contributed by atoms with van der Waals surface area (Å²) < 4.78 is 3.88. The van der Waals surface area contributed by atoms with E-state index in [-0.39, 0.29) is 30.0 Å². The number of hydrogen-bond acceptors (Lipinski definition) is 8. The molecule has 0 fully saturated rings. The number of aliphatic hydroxyl groups is 2. The van der Waals surface area contributed by atoms with Crippen molar-refractivity contribution in [3.05, 3.63) is 67.1 Å². The molecule has 0 bridgehead atoms. The van der Waals surface area contributed by atoms with Gasteiger partial charge in [0.15, 0.2) is 11.2 Å². The molecule has 12 heteroatoms. The Morgan fingerprint density at radius 1 is 1.20 bits per heavy atom. The number of nitro benzene ring substituents is 1. The fourth-order valence-corrected chi connectivity index (χ4v) is 3.24. The molecule has 0 saturated heterocycles. The Morgan fingerprint density at radius 2 is 1.87 bits per heavy atom. The minimum atomic E-state index is -1.09. The second-order valence-corrected chi connectivity index (χ2v) is 6.85. The van der Waals surface area contributed by atoms with Crippen molar-refractivity contribution in [1.82, 2.24) is 24.0 Å². The summed E-state index contributed by atoms with van der Waals surface area (Å²) in [4.78, 5) is 38.8. The lowest BCUT2D eigenvalue weighted by atomic mass is 10.0. The molecule has 0 aliphatic heterocycles. The molecule has 0 unspecified atom stereocenters. The van der Waals surface area contributed by atoms with E-state index in [1.807, 2.05) is 0 Å². The van der Waals surface area contributed by atoms with Crippen molar-refractivity contribution in [2.24, 2.45) is 14.1 Å². The van der Waals surface area contributed by atoms with Gasteiger partial charge in [-0.05, 0) is 17.7 Å². The molecular weight excluding hydrogens is 396 g/mol. The molecule has 0 aliphatic carbocycles. The Hall–Kier alpha value is -3.35. The first kappa shape index (κ1) is 21.4. The summed E-state index contributed by atoms with van der Waals surface area (Å²) in [5, 5.41) is 33.9. The van der Waals surface area contributed by atoms with Gasteiger partial charge in [-0.25, -0.2) is 9.78 Å². The fraction of sp³-hybridized carbons (Fsp3) is 0.389. The number of imidazole rings is 1. The molecule has 3 N–H and O–H groups in total. The van der Waals surface area contributed by atoms with Crippen molar-refractivity contribution in [2.75, 3.05) is 13.2 Å². The normalized spacial score (nSPS) is 13.5. The van der Waals surface area contributed by atoms with Gasteiger partial charge < -0.3 is 20.1 Å². The molecule has 3 aromatic rings. The molecule has 0 saturated carbocycles. The Balaban J connectivity index is 1.72. The molecule has 3 rings (SSSR count). The third kappa shape index (κ3) is 3.87. The Bertz CT molecular complexity index is 1180. The number of non-ortho nitro benzene ring substituents is 1. The quantitative estimate of drug-likeness (QED) is 0.311. The number of nitro groups is 1. The van der Waals surface area contributed by atoms with Crippen molar-refractivity contribution in [2.45, 2.75) is 18.7 Å². The molecule has 2 aromatic heterocycles. The first-order chi connectivity index (χ1) is 14.3. The van der Waals surface area contributed by atoms with Crippen LogP contribution in [0.4, 0.5) is 5.69 Å². The molecule has 1 aromatic carbocycles. The summed E-state index contributed by atoms with van der Waals surface area (Å²) in [6.45, 7) is 0.208. The first-order valence-electron chi connectivity index (χ1n) is 9.13. The Kier molecular flexibility index (Phi) is 6.10. The standard InChI is InChI=1S/C18H22N6O6/c1-21-16-14(17(27)22(2)18(21)28)23(10-20-16)8-7-19-13(9-25)15(26)11-3-5-12(6-4-11)24(29)30/h3-6,10,13,15,19,25-26H,7-9H2,1-2H3/t13-,15-/m1/s1. The van der Waals surface area contributed by atoms with E-state index in [1.165, 1.54) is 49.3 Å². The maximum Gasteiger partial charge on any atom is 0.332 e. The fourth-order valence-electron chi connectivity index (χ4n) is 3.24. The zero-order valence-corrected chi connectivity index (χ0v) is 16.4. The minimum absolute atomic E-state index is 0.0950. The van der Waals surface area contributed by atoms with E-state index in [0.29, 0.717) is 12.1 Å². The van der Waals surface area contributed by atoms with E-state index in [0.717, 1.165) is 4.57 Å². The van der Waals surface area contributed by atoms with Crippen LogP contribution in [-0.2, 0) is 20.6 Å². The number of aryl methyl sites for hydroxylation is 1. The number of hydrogen-bond donors (Lipinski definition) is 3. The second kappa shape index (κ2) is 8.57. The van der Waals surface area contributed by atoms with E-state index in [2.05, 4.69) is 10.3 Å². The summed E-state index contributed by atoms with van der Waals surface area (Å²) in [6.07, 6.45) is 0.359. The van der Waals surface area contributed by atoms with Gasteiger partial charge in [-0.3, -0.25) is 24.0 Å². The molecule has 0 spiro atoms. The highest BCUT2D eigenvalue weighted by atomic mass is 16.6. The molecular formula is C18H22N6O6.